The van der Waals surface area contributed by atoms with Crippen LogP contribution in [0.15, 0.2) is 76.2 Å². The normalized spacial score (nSPS) is 15.4. The fraction of sp³-hybridized carbons (Fsp3) is 0.222. The summed E-state index contributed by atoms with van der Waals surface area (Å²) in [6.07, 6.45) is 4.39. The molecule has 0 fully saturated rings. The van der Waals surface area contributed by atoms with Gasteiger partial charge in [0.2, 0.25) is 0 Å². The summed E-state index contributed by atoms with van der Waals surface area (Å²) in [5.41, 5.74) is 2.82. The van der Waals surface area contributed by atoms with Crippen molar-refractivity contribution in [3.8, 4) is 11.5 Å². The molecule has 1 atom stereocenters. The molecule has 2 aromatic carbocycles. The molecule has 2 heterocycles. The molecule has 8 heteroatoms. The first-order chi connectivity index (χ1) is 16.9. The fourth-order valence-corrected chi connectivity index (χ4v) is 5.23. The second-order valence-electron chi connectivity index (χ2n) is 7.92. The van der Waals surface area contributed by atoms with E-state index in [9.17, 15) is 14.7 Å². The first-order valence-electron chi connectivity index (χ1n) is 11.1. The quantitative estimate of drug-likeness (QED) is 0.406. The van der Waals surface area contributed by atoms with E-state index >= 15 is 0 Å². The summed E-state index contributed by atoms with van der Waals surface area (Å²) in [6, 6.07) is 12.2. The van der Waals surface area contributed by atoms with Crippen molar-refractivity contribution in [2.24, 2.45) is 4.99 Å². The number of benzene rings is 2. The van der Waals surface area contributed by atoms with E-state index in [0.29, 0.717) is 50.3 Å². The summed E-state index contributed by atoms with van der Waals surface area (Å²) in [4.78, 5) is 31.7. The Kier molecular flexibility index (Phi) is 7.02. The number of carbonyl (C=O) groups excluding carboxylic acids is 1. The van der Waals surface area contributed by atoms with Gasteiger partial charge in [-0.1, -0.05) is 54.7 Å². The highest BCUT2D eigenvalue weighted by molar-refractivity contribution is 7.07. The number of hydrogen-bond donors (Lipinski definition) is 1. The number of esters is 1. The molecule has 1 aliphatic heterocycles. The van der Waals surface area contributed by atoms with Crippen molar-refractivity contribution in [3.63, 3.8) is 0 Å². The van der Waals surface area contributed by atoms with Gasteiger partial charge in [0.15, 0.2) is 16.3 Å². The van der Waals surface area contributed by atoms with Crippen molar-refractivity contribution in [3.05, 3.63) is 103 Å². The van der Waals surface area contributed by atoms with E-state index in [4.69, 9.17) is 9.47 Å². The molecule has 4 rings (SSSR count). The summed E-state index contributed by atoms with van der Waals surface area (Å²) < 4.78 is 12.4. The van der Waals surface area contributed by atoms with E-state index in [0.717, 1.165) is 5.56 Å². The second kappa shape index (κ2) is 10.1. The van der Waals surface area contributed by atoms with Crippen molar-refractivity contribution in [1.82, 2.24) is 4.57 Å². The molecule has 0 bridgehead atoms. The number of rotatable bonds is 7. The minimum absolute atomic E-state index is 0.0467. The number of ether oxygens (including phenoxy) is 2. The molecule has 0 amide bonds. The van der Waals surface area contributed by atoms with E-state index in [1.807, 2.05) is 37.3 Å². The predicted octanol–water partition coefficient (Wildman–Crippen LogP) is 3.24. The number of phenolic OH excluding ortho intramolecular Hbond substituents is 1. The van der Waals surface area contributed by atoms with Crippen molar-refractivity contribution < 1.29 is 19.4 Å². The number of phenols is 1. The third-order valence-corrected chi connectivity index (χ3v) is 6.81. The smallest absolute Gasteiger partial charge is 0.338 e. The van der Waals surface area contributed by atoms with Gasteiger partial charge in [-0.2, -0.15) is 0 Å². The number of carbonyl (C=O) groups is 1. The van der Waals surface area contributed by atoms with Gasteiger partial charge in [0.05, 0.1) is 36.1 Å². The Bertz CT molecular complexity index is 1500. The lowest BCUT2D eigenvalue weighted by atomic mass is 9.95. The Balaban J connectivity index is 1.98. The third kappa shape index (κ3) is 4.44. The number of fused-ring (bicyclic) bond motifs is 1. The summed E-state index contributed by atoms with van der Waals surface area (Å²) in [5, 5.41) is 10.4. The van der Waals surface area contributed by atoms with Gasteiger partial charge in [-0.3, -0.25) is 9.36 Å². The Morgan fingerprint density at radius 3 is 2.63 bits per heavy atom. The van der Waals surface area contributed by atoms with Gasteiger partial charge in [0.1, 0.15) is 0 Å². The van der Waals surface area contributed by atoms with Gasteiger partial charge in [-0.05, 0) is 42.2 Å². The van der Waals surface area contributed by atoms with Crippen LogP contribution in [0.3, 0.4) is 0 Å². The van der Waals surface area contributed by atoms with Crippen LogP contribution in [-0.2, 0) is 16.0 Å². The van der Waals surface area contributed by atoms with Crippen molar-refractivity contribution >= 4 is 23.4 Å². The molecule has 0 unspecified atom stereocenters. The van der Waals surface area contributed by atoms with Gasteiger partial charge in [-0.25, -0.2) is 9.79 Å². The monoisotopic (exact) mass is 490 g/mol. The minimum Gasteiger partial charge on any atom is -0.504 e. The van der Waals surface area contributed by atoms with Crippen molar-refractivity contribution in [1.29, 1.82) is 0 Å². The zero-order valence-electron chi connectivity index (χ0n) is 19.8. The molecular formula is C27H26N2O5S. The van der Waals surface area contributed by atoms with Crippen LogP contribution < -0.4 is 19.6 Å². The van der Waals surface area contributed by atoms with Gasteiger partial charge in [0, 0.05) is 5.56 Å². The Morgan fingerprint density at radius 1 is 1.26 bits per heavy atom. The van der Waals surface area contributed by atoms with Crippen LogP contribution >= 0.6 is 11.3 Å². The molecule has 0 saturated carbocycles. The van der Waals surface area contributed by atoms with Gasteiger partial charge < -0.3 is 14.6 Å². The second-order valence-corrected chi connectivity index (χ2v) is 8.93. The molecule has 35 heavy (non-hydrogen) atoms. The maximum atomic E-state index is 13.7. The van der Waals surface area contributed by atoms with E-state index in [2.05, 4.69) is 11.6 Å². The van der Waals surface area contributed by atoms with E-state index in [1.165, 1.54) is 25.6 Å². The first kappa shape index (κ1) is 24.2. The van der Waals surface area contributed by atoms with Crippen LogP contribution in [0.2, 0.25) is 0 Å². The molecule has 1 N–H and O–H groups in total. The summed E-state index contributed by atoms with van der Waals surface area (Å²) >= 11 is 1.25. The van der Waals surface area contributed by atoms with Crippen LogP contribution in [0.25, 0.3) is 6.08 Å². The zero-order valence-corrected chi connectivity index (χ0v) is 20.6. The van der Waals surface area contributed by atoms with Gasteiger partial charge >= 0.3 is 5.97 Å². The largest absolute Gasteiger partial charge is 0.504 e. The number of hydrogen-bond acceptors (Lipinski definition) is 7. The first-order valence-corrected chi connectivity index (χ1v) is 11.9. The van der Waals surface area contributed by atoms with E-state index < -0.39 is 12.0 Å². The molecule has 0 saturated heterocycles. The maximum Gasteiger partial charge on any atom is 0.338 e. The molecule has 1 aromatic heterocycles. The summed E-state index contributed by atoms with van der Waals surface area (Å²) in [7, 11) is 2.81. The lowest BCUT2D eigenvalue weighted by Crippen LogP contribution is -2.40. The summed E-state index contributed by atoms with van der Waals surface area (Å²) in [6.45, 7) is 5.66. The number of aromatic hydroxyl groups is 1. The standard InChI is InChI=1S/C27H26N2O5S/c1-5-10-18-13-16(14-20(33-3)24(18)30)15-21-25(31)29-23(17-11-8-7-9-12-17)22(26(32)34-4)19(6-2)28-27(29)35-21/h5,7-9,11-15,23,30H,1,6,10H2,2-4H3/b21-15-/t23-/m0/s1. The molecule has 0 spiro atoms. The molecule has 0 radical (unpaired) electrons. The fourth-order valence-electron chi connectivity index (χ4n) is 4.21. The van der Waals surface area contributed by atoms with Gasteiger partial charge in [0.25, 0.3) is 5.56 Å². The lowest BCUT2D eigenvalue weighted by molar-refractivity contribution is -0.136. The van der Waals surface area contributed by atoms with Crippen LogP contribution in [0.1, 0.15) is 36.1 Å². The third-order valence-electron chi connectivity index (χ3n) is 5.82. The molecular weight excluding hydrogens is 464 g/mol. The molecule has 1 aliphatic rings. The van der Waals surface area contributed by atoms with Crippen molar-refractivity contribution in [2.75, 3.05) is 14.2 Å². The number of allylic oxidation sites excluding steroid dienone is 2. The lowest BCUT2D eigenvalue weighted by Gasteiger charge is -2.25. The number of nitrogens with zero attached hydrogens (tertiary/aromatic N) is 2. The minimum atomic E-state index is -0.650. The molecule has 3 aromatic rings. The van der Waals surface area contributed by atoms with Crippen LogP contribution in [0, 0.1) is 0 Å². The van der Waals surface area contributed by atoms with Crippen LogP contribution in [0.5, 0.6) is 11.5 Å². The molecule has 0 aliphatic carbocycles. The zero-order chi connectivity index (χ0) is 25.1. The SMILES string of the molecule is C=CCc1cc(/C=c2\sc3n(c2=O)[C@@H](c2ccccc2)C(C(=O)OC)=C(CC)N=3)cc(OC)c1O. The highest BCUT2D eigenvalue weighted by atomic mass is 32.1. The number of aromatic nitrogens is 1. The molecule has 7 nitrogen and oxygen atoms in total. The van der Waals surface area contributed by atoms with E-state index in [1.54, 1.807) is 28.9 Å². The predicted molar refractivity (Wildman–Crippen MR) is 135 cm³/mol. The Labute approximate surface area is 206 Å². The highest BCUT2D eigenvalue weighted by Gasteiger charge is 2.33. The molecule has 180 valence electrons. The number of methoxy groups -OCH3 is 2. The van der Waals surface area contributed by atoms with Crippen LogP contribution in [0.4, 0.5) is 0 Å². The number of thiazole rings is 1. The summed E-state index contributed by atoms with van der Waals surface area (Å²) in [5.74, 6) is -0.150. The maximum absolute atomic E-state index is 13.7. The Hall–Kier alpha value is -3.91. The highest BCUT2D eigenvalue weighted by Crippen LogP contribution is 2.33. The topological polar surface area (TPSA) is 90.1 Å². The van der Waals surface area contributed by atoms with Gasteiger partial charge in [-0.15, -0.1) is 6.58 Å². The van der Waals surface area contributed by atoms with Crippen LogP contribution in [-0.4, -0.2) is 29.9 Å². The Morgan fingerprint density at radius 2 is 2.00 bits per heavy atom. The van der Waals surface area contributed by atoms with E-state index in [-0.39, 0.29) is 11.3 Å². The van der Waals surface area contributed by atoms with Crippen molar-refractivity contribution in [2.45, 2.75) is 25.8 Å². The average molecular weight is 491 g/mol. The average Bonchev–Trinajstić information content (AvgIpc) is 3.19.